The number of carboxylic acid groups (broad SMARTS) is 2. The standard InChI is InChI=1S/C10H13O7P/c1-7(3-9(11)12)5-16-18(15)17-6-8(2)4-10(13)14/h3-4H,5-6H2,1-2H3,(H-,11,12,13,14)/p+1. The van der Waals surface area contributed by atoms with Gasteiger partial charge in [-0.15, -0.1) is 9.05 Å². The van der Waals surface area contributed by atoms with Gasteiger partial charge in [-0.1, -0.05) is 0 Å². The molecular formula is C10H14O7P+. The van der Waals surface area contributed by atoms with E-state index in [0.29, 0.717) is 11.1 Å². The van der Waals surface area contributed by atoms with Crippen molar-refractivity contribution in [3.05, 3.63) is 23.3 Å². The smallest absolute Gasteiger partial charge is 0.478 e. The van der Waals surface area contributed by atoms with Crippen LogP contribution in [0, 0.1) is 0 Å². The van der Waals surface area contributed by atoms with Gasteiger partial charge in [-0.05, 0) is 25.0 Å². The molecule has 8 heteroatoms. The molecule has 0 amide bonds. The van der Waals surface area contributed by atoms with Crippen molar-refractivity contribution < 1.29 is 33.4 Å². The summed E-state index contributed by atoms with van der Waals surface area (Å²) < 4.78 is 20.7. The van der Waals surface area contributed by atoms with Crippen LogP contribution in [-0.2, 0) is 23.2 Å². The lowest BCUT2D eigenvalue weighted by atomic mass is 10.3. The molecule has 0 spiro atoms. The molecule has 0 heterocycles. The van der Waals surface area contributed by atoms with Crippen molar-refractivity contribution in [2.45, 2.75) is 13.8 Å². The maximum Gasteiger partial charge on any atom is 0.698 e. The van der Waals surface area contributed by atoms with Crippen LogP contribution in [0.1, 0.15) is 13.8 Å². The van der Waals surface area contributed by atoms with E-state index in [0.717, 1.165) is 12.2 Å². The highest BCUT2D eigenvalue weighted by atomic mass is 31.1. The molecule has 0 aromatic rings. The molecule has 18 heavy (non-hydrogen) atoms. The van der Waals surface area contributed by atoms with Crippen LogP contribution in [0.4, 0.5) is 0 Å². The molecule has 0 aliphatic rings. The van der Waals surface area contributed by atoms with Gasteiger partial charge < -0.3 is 10.2 Å². The van der Waals surface area contributed by atoms with E-state index in [2.05, 4.69) is 0 Å². The first-order valence-corrected chi connectivity index (χ1v) is 5.94. The van der Waals surface area contributed by atoms with Crippen LogP contribution in [0.5, 0.6) is 0 Å². The first kappa shape index (κ1) is 16.4. The Morgan fingerprint density at radius 3 is 1.61 bits per heavy atom. The predicted octanol–water partition coefficient (Wildman–Crippen LogP) is 1.74. The monoisotopic (exact) mass is 277 g/mol. The molecule has 0 aliphatic carbocycles. The van der Waals surface area contributed by atoms with Crippen LogP contribution >= 0.6 is 8.25 Å². The first-order valence-electron chi connectivity index (χ1n) is 4.84. The zero-order valence-electron chi connectivity index (χ0n) is 9.95. The fourth-order valence-corrected chi connectivity index (χ4v) is 1.54. The Morgan fingerprint density at radius 2 is 1.33 bits per heavy atom. The van der Waals surface area contributed by atoms with Crippen molar-refractivity contribution in [2.75, 3.05) is 13.2 Å². The van der Waals surface area contributed by atoms with Gasteiger partial charge in [-0.3, -0.25) is 0 Å². The number of rotatable bonds is 8. The minimum atomic E-state index is -2.41. The van der Waals surface area contributed by atoms with Gasteiger partial charge in [0.15, 0.2) is 0 Å². The van der Waals surface area contributed by atoms with E-state index in [1.54, 1.807) is 0 Å². The molecule has 0 bridgehead atoms. The molecule has 7 nitrogen and oxygen atoms in total. The van der Waals surface area contributed by atoms with Gasteiger partial charge >= 0.3 is 20.2 Å². The number of carboxylic acids is 2. The third-order valence-electron chi connectivity index (χ3n) is 1.54. The molecule has 0 radical (unpaired) electrons. The number of aliphatic carboxylic acids is 2. The van der Waals surface area contributed by atoms with E-state index in [4.69, 9.17) is 19.3 Å². The van der Waals surface area contributed by atoms with Gasteiger partial charge in [-0.2, -0.15) is 0 Å². The van der Waals surface area contributed by atoms with Crippen LogP contribution in [0.15, 0.2) is 23.3 Å². The summed E-state index contributed by atoms with van der Waals surface area (Å²) in [7, 11) is -2.41. The quantitative estimate of drug-likeness (QED) is 0.513. The van der Waals surface area contributed by atoms with Crippen molar-refractivity contribution in [3.63, 3.8) is 0 Å². The Morgan fingerprint density at radius 1 is 1.00 bits per heavy atom. The lowest BCUT2D eigenvalue weighted by Gasteiger charge is -1.94. The third kappa shape index (κ3) is 9.65. The first-order chi connectivity index (χ1) is 8.31. The minimum Gasteiger partial charge on any atom is -0.478 e. The second-order valence-corrected chi connectivity index (χ2v) is 4.39. The van der Waals surface area contributed by atoms with Crippen LogP contribution in [0.25, 0.3) is 0 Å². The van der Waals surface area contributed by atoms with Gasteiger partial charge in [0.25, 0.3) is 0 Å². The molecule has 0 aliphatic heterocycles. The lowest BCUT2D eigenvalue weighted by molar-refractivity contribution is -0.132. The number of hydrogen-bond acceptors (Lipinski definition) is 5. The van der Waals surface area contributed by atoms with Gasteiger partial charge in [-0.25, -0.2) is 9.59 Å². The fraction of sp³-hybridized carbons (Fsp3) is 0.400. The maximum atomic E-state index is 11.2. The highest BCUT2D eigenvalue weighted by Gasteiger charge is 2.20. The summed E-state index contributed by atoms with van der Waals surface area (Å²) in [5, 5.41) is 16.8. The van der Waals surface area contributed by atoms with E-state index < -0.39 is 20.2 Å². The molecule has 0 rings (SSSR count). The SMILES string of the molecule is CC(=CC(=O)O)CO[P+](=O)OCC(C)=CC(=O)O. The number of carbonyl (C=O) groups is 2. The summed E-state index contributed by atoms with van der Waals surface area (Å²) in [5.41, 5.74) is 0.763. The Hall–Kier alpha value is -1.56. The summed E-state index contributed by atoms with van der Waals surface area (Å²) in [4.78, 5) is 20.5. The average Bonchev–Trinajstić information content (AvgIpc) is 2.21. The lowest BCUT2D eigenvalue weighted by Crippen LogP contribution is -1.98. The van der Waals surface area contributed by atoms with E-state index >= 15 is 0 Å². The normalized spacial score (nSPS) is 13.3. The second kappa shape index (κ2) is 8.52. The summed E-state index contributed by atoms with van der Waals surface area (Å²) >= 11 is 0. The van der Waals surface area contributed by atoms with Crippen LogP contribution in [0.2, 0.25) is 0 Å². The molecule has 100 valence electrons. The van der Waals surface area contributed by atoms with Crippen LogP contribution in [0.3, 0.4) is 0 Å². The minimum absolute atomic E-state index is 0.136. The van der Waals surface area contributed by atoms with Gasteiger partial charge in [0.2, 0.25) is 0 Å². The van der Waals surface area contributed by atoms with Gasteiger partial charge in [0, 0.05) is 16.7 Å². The van der Waals surface area contributed by atoms with Crippen molar-refractivity contribution in [3.8, 4) is 0 Å². The van der Waals surface area contributed by atoms with E-state index in [9.17, 15) is 14.2 Å². The Bertz CT molecular complexity index is 361. The van der Waals surface area contributed by atoms with E-state index in [1.807, 2.05) is 0 Å². The van der Waals surface area contributed by atoms with Gasteiger partial charge in [0.05, 0.1) is 0 Å². The molecule has 0 aromatic carbocycles. The molecule has 0 atom stereocenters. The molecule has 2 N–H and O–H groups in total. The molecule has 0 unspecified atom stereocenters. The predicted molar refractivity (Wildman–Crippen MR) is 62.3 cm³/mol. The fourth-order valence-electron chi connectivity index (χ4n) is 0.851. The van der Waals surface area contributed by atoms with Gasteiger partial charge in [0.1, 0.15) is 13.2 Å². The zero-order valence-corrected chi connectivity index (χ0v) is 10.8. The van der Waals surface area contributed by atoms with E-state index in [1.165, 1.54) is 13.8 Å². The average molecular weight is 277 g/mol. The van der Waals surface area contributed by atoms with Crippen LogP contribution in [-0.4, -0.2) is 35.4 Å². The third-order valence-corrected chi connectivity index (χ3v) is 2.21. The maximum absolute atomic E-state index is 11.2. The topological polar surface area (TPSA) is 110 Å². The Labute approximate surface area is 105 Å². The largest absolute Gasteiger partial charge is 0.698 e. The highest BCUT2D eigenvalue weighted by Crippen LogP contribution is 2.25. The van der Waals surface area contributed by atoms with Crippen molar-refractivity contribution >= 4 is 20.2 Å². The van der Waals surface area contributed by atoms with E-state index in [-0.39, 0.29) is 13.2 Å². The molecule has 0 aromatic heterocycles. The van der Waals surface area contributed by atoms with Crippen molar-refractivity contribution in [2.24, 2.45) is 0 Å². The van der Waals surface area contributed by atoms with Crippen molar-refractivity contribution in [1.29, 1.82) is 0 Å². The molecule has 0 saturated carbocycles. The molecule has 0 fully saturated rings. The highest BCUT2D eigenvalue weighted by molar-refractivity contribution is 7.33. The summed E-state index contributed by atoms with van der Waals surface area (Å²) in [6.45, 7) is 2.74. The van der Waals surface area contributed by atoms with Crippen molar-refractivity contribution in [1.82, 2.24) is 0 Å². The Kier molecular flexibility index (Phi) is 7.78. The number of hydrogen-bond donors (Lipinski definition) is 2. The molecule has 0 saturated heterocycles. The zero-order chi connectivity index (χ0) is 14.1. The second-order valence-electron chi connectivity index (χ2n) is 3.43. The summed E-state index contributed by atoms with van der Waals surface area (Å²) in [5.74, 6) is -2.24. The summed E-state index contributed by atoms with van der Waals surface area (Å²) in [6.07, 6.45) is 1.86. The Balaban J connectivity index is 4.00. The molecular weight excluding hydrogens is 263 g/mol. The van der Waals surface area contributed by atoms with Crippen LogP contribution < -0.4 is 0 Å². The summed E-state index contributed by atoms with van der Waals surface area (Å²) in [6, 6.07) is 0.